The summed E-state index contributed by atoms with van der Waals surface area (Å²) in [5.41, 5.74) is 1.25. The Labute approximate surface area is 107 Å². The van der Waals surface area contributed by atoms with E-state index in [1.165, 1.54) is 38.4 Å². The Hall–Kier alpha value is -1.27. The van der Waals surface area contributed by atoms with E-state index in [0.29, 0.717) is 0 Å². The second kappa shape index (κ2) is 7.92. The van der Waals surface area contributed by atoms with Crippen LogP contribution in [0.15, 0.2) is 11.4 Å². The van der Waals surface area contributed by atoms with Crippen molar-refractivity contribution in [1.29, 1.82) is 0 Å². The second-order valence-corrected chi connectivity index (χ2v) is 4.74. The fourth-order valence-electron chi connectivity index (χ4n) is 1.54. The SMILES string of the molecule is CCCCCCc1ccsc1C#CC(=O)OC. The summed E-state index contributed by atoms with van der Waals surface area (Å²) in [6, 6.07) is 2.10. The van der Waals surface area contributed by atoms with Gasteiger partial charge in [0.25, 0.3) is 0 Å². The summed E-state index contributed by atoms with van der Waals surface area (Å²) in [6.45, 7) is 2.21. The quantitative estimate of drug-likeness (QED) is 0.455. The number of esters is 1. The third-order valence-corrected chi connectivity index (χ3v) is 3.38. The average Bonchev–Trinajstić information content (AvgIpc) is 2.79. The monoisotopic (exact) mass is 250 g/mol. The van der Waals surface area contributed by atoms with Crippen LogP contribution in [-0.2, 0) is 16.0 Å². The van der Waals surface area contributed by atoms with Crippen molar-refractivity contribution in [2.45, 2.75) is 39.0 Å². The highest BCUT2D eigenvalue weighted by Crippen LogP contribution is 2.18. The van der Waals surface area contributed by atoms with Crippen LogP contribution in [0, 0.1) is 11.8 Å². The first kappa shape index (κ1) is 13.8. The van der Waals surface area contributed by atoms with Gasteiger partial charge in [-0.05, 0) is 35.8 Å². The van der Waals surface area contributed by atoms with E-state index in [1.54, 1.807) is 11.3 Å². The Kier molecular flexibility index (Phi) is 6.42. The number of hydrogen-bond donors (Lipinski definition) is 0. The maximum atomic E-state index is 10.9. The maximum Gasteiger partial charge on any atom is 0.384 e. The van der Waals surface area contributed by atoms with Gasteiger partial charge in [0.05, 0.1) is 12.0 Å². The lowest BCUT2D eigenvalue weighted by Crippen LogP contribution is -1.94. The molecule has 0 unspecified atom stereocenters. The summed E-state index contributed by atoms with van der Waals surface area (Å²) in [7, 11) is 1.34. The van der Waals surface area contributed by atoms with Gasteiger partial charge in [-0.1, -0.05) is 26.2 Å². The molecule has 1 aromatic rings. The minimum absolute atomic E-state index is 0.477. The van der Waals surface area contributed by atoms with Gasteiger partial charge in [-0.3, -0.25) is 0 Å². The summed E-state index contributed by atoms with van der Waals surface area (Å²) in [4.78, 5) is 11.9. The van der Waals surface area contributed by atoms with E-state index < -0.39 is 5.97 Å². The topological polar surface area (TPSA) is 26.3 Å². The van der Waals surface area contributed by atoms with Crippen molar-refractivity contribution in [3.05, 3.63) is 21.9 Å². The van der Waals surface area contributed by atoms with Gasteiger partial charge in [0, 0.05) is 5.92 Å². The van der Waals surface area contributed by atoms with Crippen LogP contribution in [0.25, 0.3) is 0 Å². The van der Waals surface area contributed by atoms with Crippen molar-refractivity contribution in [2.75, 3.05) is 7.11 Å². The molecule has 0 aliphatic rings. The normalized spacial score (nSPS) is 9.53. The minimum atomic E-state index is -0.477. The highest BCUT2D eigenvalue weighted by Gasteiger charge is 2.02. The number of thiophene rings is 1. The molecular formula is C14H18O2S. The molecule has 0 aliphatic heterocycles. The molecule has 0 bridgehead atoms. The molecule has 0 aromatic carbocycles. The van der Waals surface area contributed by atoms with E-state index in [4.69, 9.17) is 0 Å². The number of methoxy groups -OCH3 is 1. The van der Waals surface area contributed by atoms with E-state index in [9.17, 15) is 4.79 Å². The molecule has 17 heavy (non-hydrogen) atoms. The number of unbranched alkanes of at least 4 members (excludes halogenated alkanes) is 3. The van der Waals surface area contributed by atoms with Crippen LogP contribution in [0.4, 0.5) is 0 Å². The van der Waals surface area contributed by atoms with Crippen molar-refractivity contribution < 1.29 is 9.53 Å². The molecule has 0 N–H and O–H groups in total. The van der Waals surface area contributed by atoms with Gasteiger partial charge in [-0.15, -0.1) is 11.3 Å². The Morgan fingerprint density at radius 3 is 2.94 bits per heavy atom. The standard InChI is InChI=1S/C14H18O2S/c1-3-4-5-6-7-12-10-11-17-13(12)8-9-14(15)16-2/h10-11H,3-7H2,1-2H3. The van der Waals surface area contributed by atoms with Crippen molar-refractivity contribution in [2.24, 2.45) is 0 Å². The average molecular weight is 250 g/mol. The van der Waals surface area contributed by atoms with Crippen molar-refractivity contribution >= 4 is 17.3 Å². The summed E-state index contributed by atoms with van der Waals surface area (Å²) in [5, 5.41) is 2.02. The molecule has 1 aromatic heterocycles. The first-order chi connectivity index (χ1) is 8.27. The Balaban J connectivity index is 2.53. The Bertz CT molecular complexity index is 409. The Morgan fingerprint density at radius 1 is 1.41 bits per heavy atom. The number of ether oxygens (including phenoxy) is 1. The molecule has 1 rings (SSSR count). The third kappa shape index (κ3) is 5.06. The molecule has 1 heterocycles. The molecule has 0 aliphatic carbocycles. The van der Waals surface area contributed by atoms with Crippen molar-refractivity contribution in [3.8, 4) is 11.8 Å². The van der Waals surface area contributed by atoms with Gasteiger partial charge in [0.1, 0.15) is 0 Å². The molecule has 0 fully saturated rings. The molecule has 0 spiro atoms. The molecule has 0 amide bonds. The number of hydrogen-bond acceptors (Lipinski definition) is 3. The predicted octanol–water partition coefficient (Wildman–Crippen LogP) is 3.40. The van der Waals surface area contributed by atoms with Crippen LogP contribution in [0.1, 0.15) is 43.0 Å². The van der Waals surface area contributed by atoms with Gasteiger partial charge < -0.3 is 4.74 Å². The maximum absolute atomic E-state index is 10.9. The molecule has 0 saturated heterocycles. The van der Waals surface area contributed by atoms with E-state index in [1.807, 2.05) is 5.38 Å². The van der Waals surface area contributed by atoms with Crippen molar-refractivity contribution in [1.82, 2.24) is 0 Å². The van der Waals surface area contributed by atoms with Crippen LogP contribution in [0.5, 0.6) is 0 Å². The summed E-state index contributed by atoms with van der Waals surface area (Å²) < 4.78 is 4.49. The number of rotatable bonds is 5. The highest BCUT2D eigenvalue weighted by atomic mass is 32.1. The molecule has 0 saturated carbocycles. The highest BCUT2D eigenvalue weighted by molar-refractivity contribution is 7.10. The Morgan fingerprint density at radius 2 is 2.24 bits per heavy atom. The second-order valence-electron chi connectivity index (χ2n) is 3.83. The van der Waals surface area contributed by atoms with Gasteiger partial charge >= 0.3 is 5.97 Å². The van der Waals surface area contributed by atoms with Gasteiger partial charge in [0.2, 0.25) is 0 Å². The van der Waals surface area contributed by atoms with Crippen LogP contribution in [0.2, 0.25) is 0 Å². The summed E-state index contributed by atoms with van der Waals surface area (Å²) in [6.07, 6.45) is 6.04. The van der Waals surface area contributed by atoms with Crippen LogP contribution < -0.4 is 0 Å². The minimum Gasteiger partial charge on any atom is -0.459 e. The fourth-order valence-corrected chi connectivity index (χ4v) is 2.34. The zero-order valence-corrected chi connectivity index (χ0v) is 11.2. The van der Waals surface area contributed by atoms with Gasteiger partial charge in [-0.25, -0.2) is 4.79 Å². The molecular weight excluding hydrogens is 232 g/mol. The predicted molar refractivity (Wildman–Crippen MR) is 71.1 cm³/mol. The number of carbonyl (C=O) groups is 1. The van der Waals surface area contributed by atoms with E-state index >= 15 is 0 Å². The van der Waals surface area contributed by atoms with Gasteiger partial charge in [-0.2, -0.15) is 0 Å². The molecule has 3 heteroatoms. The van der Waals surface area contributed by atoms with Crippen LogP contribution in [-0.4, -0.2) is 13.1 Å². The largest absolute Gasteiger partial charge is 0.459 e. The fraction of sp³-hybridized carbons (Fsp3) is 0.500. The number of aryl methyl sites for hydroxylation is 1. The first-order valence-electron chi connectivity index (χ1n) is 5.94. The van der Waals surface area contributed by atoms with E-state index in [-0.39, 0.29) is 0 Å². The molecule has 92 valence electrons. The number of carbonyl (C=O) groups excluding carboxylic acids is 1. The molecule has 0 radical (unpaired) electrons. The van der Waals surface area contributed by atoms with Gasteiger partial charge in [0.15, 0.2) is 0 Å². The lowest BCUT2D eigenvalue weighted by atomic mass is 10.1. The smallest absolute Gasteiger partial charge is 0.384 e. The van der Waals surface area contributed by atoms with Crippen LogP contribution >= 0.6 is 11.3 Å². The first-order valence-corrected chi connectivity index (χ1v) is 6.82. The van der Waals surface area contributed by atoms with E-state index in [0.717, 1.165) is 11.3 Å². The lowest BCUT2D eigenvalue weighted by Gasteiger charge is -1.98. The van der Waals surface area contributed by atoms with Crippen molar-refractivity contribution in [3.63, 3.8) is 0 Å². The molecule has 0 atom stereocenters. The summed E-state index contributed by atoms with van der Waals surface area (Å²) >= 11 is 1.58. The third-order valence-electron chi connectivity index (χ3n) is 2.51. The van der Waals surface area contributed by atoms with Crippen LogP contribution in [0.3, 0.4) is 0 Å². The van der Waals surface area contributed by atoms with E-state index in [2.05, 4.69) is 29.6 Å². The molecule has 2 nitrogen and oxygen atoms in total. The zero-order chi connectivity index (χ0) is 12.5. The summed E-state index contributed by atoms with van der Waals surface area (Å²) in [5.74, 6) is 4.88. The zero-order valence-electron chi connectivity index (χ0n) is 10.4. The lowest BCUT2D eigenvalue weighted by molar-refractivity contribution is -0.133.